The monoisotopic (exact) mass is 165 g/mol. The van der Waals surface area contributed by atoms with E-state index in [-0.39, 0.29) is 0 Å². The van der Waals surface area contributed by atoms with E-state index < -0.39 is 0 Å². The number of imidazole rings is 1. The van der Waals surface area contributed by atoms with E-state index in [1.165, 1.54) is 0 Å². The zero-order chi connectivity index (χ0) is 8.55. The third-order valence-electron chi connectivity index (χ3n) is 1.94. The molecule has 2 aromatic heterocycles. The smallest absolute Gasteiger partial charge is 0.306 e. The molecule has 0 aliphatic rings. The summed E-state index contributed by atoms with van der Waals surface area (Å²) in [5.74, 6) is 0.649. The minimum atomic E-state index is 0.639. The normalized spacial score (nSPS) is 11.2. The van der Waals surface area contributed by atoms with Crippen LogP contribution in [0.3, 0.4) is 0 Å². The lowest BCUT2D eigenvalue weighted by atomic mass is 10.2. The average Bonchev–Trinajstić information content (AvgIpc) is 2.56. The number of aryl methyl sites for hydroxylation is 1. The van der Waals surface area contributed by atoms with Crippen molar-refractivity contribution in [3.63, 3.8) is 0 Å². The van der Waals surface area contributed by atoms with Crippen LogP contribution in [0.15, 0.2) is 16.9 Å². The molecule has 0 unspecified atom stereocenters. The fourth-order valence-electron chi connectivity index (χ4n) is 1.38. The Kier molecular flexibility index (Phi) is 1.62. The SMILES string of the molecule is Cc1nc2occn2c1CCN. The first-order valence-corrected chi connectivity index (χ1v) is 3.94. The second-order valence-electron chi connectivity index (χ2n) is 2.74. The van der Waals surface area contributed by atoms with Crippen molar-refractivity contribution >= 4 is 5.84 Å². The number of nitrogens with two attached hydrogens (primary N) is 1. The van der Waals surface area contributed by atoms with Crippen LogP contribution in [-0.2, 0) is 6.42 Å². The van der Waals surface area contributed by atoms with Gasteiger partial charge in [0, 0.05) is 18.3 Å². The van der Waals surface area contributed by atoms with E-state index in [9.17, 15) is 0 Å². The van der Waals surface area contributed by atoms with Gasteiger partial charge in [-0.3, -0.25) is 4.40 Å². The number of aromatic nitrogens is 2. The highest BCUT2D eigenvalue weighted by Gasteiger charge is 2.08. The first-order valence-electron chi connectivity index (χ1n) is 3.94. The maximum atomic E-state index is 5.48. The molecule has 0 fully saturated rings. The van der Waals surface area contributed by atoms with Crippen LogP contribution in [0.5, 0.6) is 0 Å². The van der Waals surface area contributed by atoms with E-state index in [0.29, 0.717) is 12.4 Å². The Morgan fingerprint density at radius 3 is 3.25 bits per heavy atom. The summed E-state index contributed by atoms with van der Waals surface area (Å²) in [7, 11) is 0. The quantitative estimate of drug-likeness (QED) is 0.714. The summed E-state index contributed by atoms with van der Waals surface area (Å²) in [4.78, 5) is 4.23. The highest BCUT2D eigenvalue weighted by molar-refractivity contribution is 5.32. The van der Waals surface area contributed by atoms with Gasteiger partial charge in [0.15, 0.2) is 0 Å². The molecular weight excluding hydrogens is 154 g/mol. The molecule has 2 heterocycles. The van der Waals surface area contributed by atoms with Crippen molar-refractivity contribution in [1.82, 2.24) is 9.38 Å². The molecule has 0 bridgehead atoms. The summed E-state index contributed by atoms with van der Waals surface area (Å²) < 4.78 is 7.07. The molecule has 0 saturated carbocycles. The number of nitrogens with zero attached hydrogens (tertiary/aromatic N) is 2. The lowest BCUT2D eigenvalue weighted by molar-refractivity contribution is 0.595. The average molecular weight is 165 g/mol. The van der Waals surface area contributed by atoms with E-state index in [1.54, 1.807) is 6.26 Å². The van der Waals surface area contributed by atoms with Crippen LogP contribution in [-0.4, -0.2) is 15.9 Å². The van der Waals surface area contributed by atoms with E-state index >= 15 is 0 Å². The second-order valence-corrected chi connectivity index (χ2v) is 2.74. The molecule has 0 aliphatic carbocycles. The summed E-state index contributed by atoms with van der Waals surface area (Å²) >= 11 is 0. The van der Waals surface area contributed by atoms with Crippen LogP contribution in [0.1, 0.15) is 11.4 Å². The number of hydrogen-bond acceptors (Lipinski definition) is 3. The van der Waals surface area contributed by atoms with Gasteiger partial charge in [0.1, 0.15) is 6.26 Å². The fraction of sp³-hybridized carbons (Fsp3) is 0.375. The predicted molar refractivity (Wildman–Crippen MR) is 45.0 cm³/mol. The van der Waals surface area contributed by atoms with Gasteiger partial charge in [-0.2, -0.15) is 4.98 Å². The molecule has 12 heavy (non-hydrogen) atoms. The van der Waals surface area contributed by atoms with Gasteiger partial charge in [-0.15, -0.1) is 0 Å². The summed E-state index contributed by atoms with van der Waals surface area (Å²) in [6.07, 6.45) is 4.33. The molecule has 4 heteroatoms. The maximum absolute atomic E-state index is 5.48. The van der Waals surface area contributed by atoms with Crippen molar-refractivity contribution < 1.29 is 4.42 Å². The van der Waals surface area contributed by atoms with Crippen molar-refractivity contribution in [2.75, 3.05) is 6.54 Å². The molecule has 2 N–H and O–H groups in total. The number of fused-ring (bicyclic) bond motifs is 1. The predicted octanol–water partition coefficient (Wildman–Crippen LogP) is 0.737. The molecule has 2 aromatic rings. The van der Waals surface area contributed by atoms with Crippen LogP contribution in [0, 0.1) is 6.92 Å². The molecule has 4 nitrogen and oxygen atoms in total. The third-order valence-corrected chi connectivity index (χ3v) is 1.94. The molecule has 0 spiro atoms. The Hall–Kier alpha value is -1.29. The molecule has 0 amide bonds. The zero-order valence-electron chi connectivity index (χ0n) is 6.95. The first-order chi connectivity index (χ1) is 5.83. The molecule has 0 atom stereocenters. The Balaban J connectivity index is 2.59. The van der Waals surface area contributed by atoms with Crippen molar-refractivity contribution in [3.05, 3.63) is 23.8 Å². The molecular formula is C8H11N3O. The Bertz CT molecular complexity index is 388. The van der Waals surface area contributed by atoms with Gasteiger partial charge in [-0.05, 0) is 13.5 Å². The van der Waals surface area contributed by atoms with E-state index in [2.05, 4.69) is 4.98 Å². The topological polar surface area (TPSA) is 56.5 Å². The van der Waals surface area contributed by atoms with Gasteiger partial charge in [0.2, 0.25) is 0 Å². The van der Waals surface area contributed by atoms with Crippen molar-refractivity contribution in [3.8, 4) is 0 Å². The third kappa shape index (κ3) is 0.921. The van der Waals surface area contributed by atoms with E-state index in [0.717, 1.165) is 17.8 Å². The molecule has 2 rings (SSSR count). The van der Waals surface area contributed by atoms with E-state index in [4.69, 9.17) is 10.2 Å². The fourth-order valence-corrected chi connectivity index (χ4v) is 1.38. The zero-order valence-corrected chi connectivity index (χ0v) is 6.95. The van der Waals surface area contributed by atoms with Gasteiger partial charge in [-0.25, -0.2) is 0 Å². The second kappa shape index (κ2) is 2.64. The van der Waals surface area contributed by atoms with Gasteiger partial charge in [0.05, 0.1) is 5.69 Å². The van der Waals surface area contributed by atoms with Gasteiger partial charge >= 0.3 is 5.84 Å². The lowest BCUT2D eigenvalue weighted by Gasteiger charge is -1.95. The Morgan fingerprint density at radius 2 is 2.50 bits per heavy atom. The van der Waals surface area contributed by atoms with Crippen LogP contribution in [0.4, 0.5) is 0 Å². The minimum Gasteiger partial charge on any atom is -0.432 e. The van der Waals surface area contributed by atoms with Crippen molar-refractivity contribution in [2.24, 2.45) is 5.73 Å². The summed E-state index contributed by atoms with van der Waals surface area (Å²) in [6, 6.07) is 0. The number of hydrogen-bond donors (Lipinski definition) is 1. The standard InChI is InChI=1S/C8H11N3O/c1-6-7(2-3-9)11-4-5-12-8(11)10-6/h4-5H,2-3,9H2,1H3. The van der Waals surface area contributed by atoms with E-state index in [1.807, 2.05) is 17.5 Å². The maximum Gasteiger partial charge on any atom is 0.306 e. The first kappa shape index (κ1) is 7.36. The molecule has 0 radical (unpaired) electrons. The largest absolute Gasteiger partial charge is 0.432 e. The van der Waals surface area contributed by atoms with Crippen LogP contribution in [0.2, 0.25) is 0 Å². The van der Waals surface area contributed by atoms with Gasteiger partial charge < -0.3 is 10.2 Å². The highest BCUT2D eigenvalue weighted by Crippen LogP contribution is 2.12. The summed E-state index contributed by atoms with van der Waals surface area (Å²) in [5.41, 5.74) is 7.62. The molecule has 64 valence electrons. The minimum absolute atomic E-state index is 0.639. The summed E-state index contributed by atoms with van der Waals surface area (Å²) in [5, 5.41) is 0. The molecule has 0 aliphatic heterocycles. The van der Waals surface area contributed by atoms with Crippen LogP contribution < -0.4 is 5.73 Å². The lowest BCUT2D eigenvalue weighted by Crippen LogP contribution is -2.05. The Morgan fingerprint density at radius 1 is 1.67 bits per heavy atom. The molecule has 0 aromatic carbocycles. The van der Waals surface area contributed by atoms with Gasteiger partial charge in [-0.1, -0.05) is 0 Å². The molecule has 0 saturated heterocycles. The van der Waals surface area contributed by atoms with Gasteiger partial charge in [0.25, 0.3) is 0 Å². The number of oxazole rings is 1. The van der Waals surface area contributed by atoms with Crippen molar-refractivity contribution in [1.29, 1.82) is 0 Å². The van der Waals surface area contributed by atoms with Crippen LogP contribution >= 0.6 is 0 Å². The summed E-state index contributed by atoms with van der Waals surface area (Å²) in [6.45, 7) is 2.60. The van der Waals surface area contributed by atoms with Crippen LogP contribution in [0.25, 0.3) is 5.84 Å². The number of rotatable bonds is 2. The van der Waals surface area contributed by atoms with Crippen molar-refractivity contribution in [2.45, 2.75) is 13.3 Å². The Labute approximate surface area is 70.0 Å². The highest BCUT2D eigenvalue weighted by atomic mass is 16.3.